The third-order valence-corrected chi connectivity index (χ3v) is 3.15. The van der Waals surface area contributed by atoms with Crippen LogP contribution in [0.15, 0.2) is 0 Å². The van der Waals surface area contributed by atoms with E-state index in [4.69, 9.17) is 10.5 Å². The normalized spacial score (nSPS) is 24.2. The van der Waals surface area contributed by atoms with Gasteiger partial charge in [-0.15, -0.1) is 0 Å². The number of ether oxygens (including phenoxy) is 1. The highest BCUT2D eigenvalue weighted by molar-refractivity contribution is 4.82. The van der Waals surface area contributed by atoms with E-state index in [1.165, 1.54) is 0 Å². The molecule has 2 N–H and O–H groups in total. The van der Waals surface area contributed by atoms with E-state index < -0.39 is 12.1 Å². The zero-order valence-electron chi connectivity index (χ0n) is 10.2. The Morgan fingerprint density at radius 2 is 2.18 bits per heavy atom. The van der Waals surface area contributed by atoms with Crippen LogP contribution in [0.2, 0.25) is 0 Å². The second kappa shape index (κ2) is 6.56. The molecule has 6 heteroatoms. The highest BCUT2D eigenvalue weighted by Gasteiger charge is 2.43. The molecule has 2 atom stereocenters. The quantitative estimate of drug-likeness (QED) is 0.732. The number of likely N-dealkylation sites (tertiary alicyclic amines) is 1. The van der Waals surface area contributed by atoms with E-state index in [0.29, 0.717) is 19.7 Å². The maximum Gasteiger partial charge on any atom is 0.393 e. The van der Waals surface area contributed by atoms with Crippen LogP contribution in [0.25, 0.3) is 0 Å². The van der Waals surface area contributed by atoms with Crippen LogP contribution in [0, 0.1) is 5.92 Å². The lowest BCUT2D eigenvalue weighted by molar-refractivity contribution is -0.170. The van der Waals surface area contributed by atoms with Gasteiger partial charge in [0.15, 0.2) is 0 Å². The molecule has 0 aromatic heterocycles. The van der Waals surface area contributed by atoms with Crippen molar-refractivity contribution in [2.24, 2.45) is 11.7 Å². The summed E-state index contributed by atoms with van der Waals surface area (Å²) in [4.78, 5) is 1.82. The van der Waals surface area contributed by atoms with Crippen LogP contribution in [0.1, 0.15) is 19.3 Å². The Morgan fingerprint density at radius 1 is 1.47 bits per heavy atom. The zero-order valence-corrected chi connectivity index (χ0v) is 10.2. The first-order chi connectivity index (χ1) is 7.93. The van der Waals surface area contributed by atoms with E-state index in [9.17, 15) is 13.2 Å². The Labute approximate surface area is 100 Å². The Hall–Kier alpha value is -0.330. The molecule has 17 heavy (non-hydrogen) atoms. The summed E-state index contributed by atoms with van der Waals surface area (Å²) in [6, 6.07) is -0.0582. The van der Waals surface area contributed by atoms with Crippen LogP contribution in [0.4, 0.5) is 13.2 Å². The van der Waals surface area contributed by atoms with E-state index in [1.54, 1.807) is 7.11 Å². The van der Waals surface area contributed by atoms with Gasteiger partial charge in [-0.1, -0.05) is 0 Å². The number of rotatable bonds is 6. The van der Waals surface area contributed by atoms with E-state index in [2.05, 4.69) is 0 Å². The molecule has 0 radical (unpaired) electrons. The lowest BCUT2D eigenvalue weighted by Gasteiger charge is -2.21. The molecular formula is C11H21F3N2O. The molecule has 0 spiro atoms. The molecule has 1 rings (SSSR count). The lowest BCUT2D eigenvalue weighted by Crippen LogP contribution is -2.37. The van der Waals surface area contributed by atoms with Crippen molar-refractivity contribution in [2.45, 2.75) is 31.5 Å². The summed E-state index contributed by atoms with van der Waals surface area (Å²) in [6.45, 7) is 1.80. The fourth-order valence-corrected chi connectivity index (χ4v) is 2.18. The molecule has 0 aromatic carbocycles. The summed E-state index contributed by atoms with van der Waals surface area (Å²) >= 11 is 0. The number of nitrogens with zero attached hydrogens (tertiary/aromatic N) is 1. The molecule has 102 valence electrons. The van der Waals surface area contributed by atoms with Gasteiger partial charge in [-0.2, -0.15) is 13.2 Å². The van der Waals surface area contributed by atoms with Crippen LogP contribution in [0.3, 0.4) is 0 Å². The number of hydrogen-bond donors (Lipinski definition) is 1. The Bertz CT molecular complexity index is 223. The van der Waals surface area contributed by atoms with Crippen molar-refractivity contribution in [2.75, 3.05) is 33.4 Å². The number of hydrogen-bond acceptors (Lipinski definition) is 3. The Kier molecular flexibility index (Phi) is 5.69. The van der Waals surface area contributed by atoms with Gasteiger partial charge in [0.25, 0.3) is 0 Å². The maximum absolute atomic E-state index is 12.4. The third-order valence-electron chi connectivity index (χ3n) is 3.15. The van der Waals surface area contributed by atoms with Gasteiger partial charge in [-0.25, -0.2) is 0 Å². The minimum absolute atomic E-state index is 0.0582. The minimum Gasteiger partial charge on any atom is -0.385 e. The molecule has 1 aliphatic heterocycles. The SMILES string of the molecule is COCCCC(N)CN1CCC(C(F)(F)F)C1. The van der Waals surface area contributed by atoms with Crippen molar-refractivity contribution in [3.05, 3.63) is 0 Å². The fraction of sp³-hybridized carbons (Fsp3) is 1.00. The summed E-state index contributed by atoms with van der Waals surface area (Å²) in [6.07, 6.45) is -2.21. The van der Waals surface area contributed by atoms with E-state index in [1.807, 2.05) is 4.90 Å². The van der Waals surface area contributed by atoms with Gasteiger partial charge in [-0.3, -0.25) is 0 Å². The van der Waals surface area contributed by atoms with Crippen molar-refractivity contribution in [1.82, 2.24) is 4.90 Å². The fourth-order valence-electron chi connectivity index (χ4n) is 2.18. The predicted molar refractivity (Wildman–Crippen MR) is 59.7 cm³/mol. The number of nitrogens with two attached hydrogens (primary N) is 1. The van der Waals surface area contributed by atoms with Crippen LogP contribution in [0.5, 0.6) is 0 Å². The first kappa shape index (κ1) is 14.7. The molecule has 3 nitrogen and oxygen atoms in total. The van der Waals surface area contributed by atoms with E-state index in [-0.39, 0.29) is 19.0 Å². The van der Waals surface area contributed by atoms with Gasteiger partial charge >= 0.3 is 6.18 Å². The van der Waals surface area contributed by atoms with Crippen LogP contribution in [-0.4, -0.2) is 50.5 Å². The number of halogens is 3. The van der Waals surface area contributed by atoms with Gasteiger partial charge in [-0.05, 0) is 25.8 Å². The van der Waals surface area contributed by atoms with Crippen molar-refractivity contribution in [1.29, 1.82) is 0 Å². The molecule has 1 heterocycles. The van der Waals surface area contributed by atoms with Gasteiger partial charge in [0.2, 0.25) is 0 Å². The predicted octanol–water partition coefficient (Wildman–Crippen LogP) is 1.62. The minimum atomic E-state index is -4.06. The summed E-state index contributed by atoms with van der Waals surface area (Å²) in [5, 5.41) is 0. The van der Waals surface area contributed by atoms with E-state index >= 15 is 0 Å². The van der Waals surface area contributed by atoms with Crippen LogP contribution in [-0.2, 0) is 4.74 Å². The zero-order chi connectivity index (χ0) is 12.9. The second-order valence-electron chi connectivity index (χ2n) is 4.68. The topological polar surface area (TPSA) is 38.5 Å². The van der Waals surface area contributed by atoms with Gasteiger partial charge in [0.1, 0.15) is 0 Å². The number of methoxy groups -OCH3 is 1. The van der Waals surface area contributed by atoms with Gasteiger partial charge < -0.3 is 15.4 Å². The van der Waals surface area contributed by atoms with Gasteiger partial charge in [0.05, 0.1) is 5.92 Å². The molecule has 1 fully saturated rings. The van der Waals surface area contributed by atoms with Gasteiger partial charge in [0, 0.05) is 32.8 Å². The number of alkyl halides is 3. The van der Waals surface area contributed by atoms with Crippen molar-refractivity contribution < 1.29 is 17.9 Å². The molecule has 0 saturated carbocycles. The summed E-state index contributed by atoms with van der Waals surface area (Å²) in [7, 11) is 1.62. The molecule has 1 aliphatic rings. The van der Waals surface area contributed by atoms with Crippen molar-refractivity contribution in [3.63, 3.8) is 0 Å². The average molecular weight is 254 g/mol. The van der Waals surface area contributed by atoms with E-state index in [0.717, 1.165) is 12.8 Å². The lowest BCUT2D eigenvalue weighted by atomic mass is 10.1. The summed E-state index contributed by atoms with van der Waals surface area (Å²) in [5.74, 6) is -1.17. The van der Waals surface area contributed by atoms with Crippen LogP contribution < -0.4 is 5.73 Å². The Morgan fingerprint density at radius 3 is 2.71 bits per heavy atom. The van der Waals surface area contributed by atoms with Crippen molar-refractivity contribution in [3.8, 4) is 0 Å². The molecular weight excluding hydrogens is 233 g/mol. The molecule has 0 aromatic rings. The van der Waals surface area contributed by atoms with Crippen LogP contribution >= 0.6 is 0 Å². The highest BCUT2D eigenvalue weighted by Crippen LogP contribution is 2.33. The molecule has 0 bridgehead atoms. The van der Waals surface area contributed by atoms with Crippen molar-refractivity contribution >= 4 is 0 Å². The maximum atomic E-state index is 12.4. The average Bonchev–Trinajstić information content (AvgIpc) is 2.66. The summed E-state index contributed by atoms with van der Waals surface area (Å²) in [5.41, 5.74) is 5.87. The molecule has 0 aliphatic carbocycles. The molecule has 1 saturated heterocycles. The Balaban J connectivity index is 2.21. The first-order valence-corrected chi connectivity index (χ1v) is 5.97. The highest BCUT2D eigenvalue weighted by atomic mass is 19.4. The second-order valence-corrected chi connectivity index (χ2v) is 4.68. The molecule has 2 unspecified atom stereocenters. The third kappa shape index (κ3) is 5.23. The summed E-state index contributed by atoms with van der Waals surface area (Å²) < 4.78 is 42.2. The largest absolute Gasteiger partial charge is 0.393 e. The smallest absolute Gasteiger partial charge is 0.385 e. The monoisotopic (exact) mass is 254 g/mol. The molecule has 0 amide bonds. The standard InChI is InChI=1S/C11H21F3N2O/c1-17-6-2-3-10(15)8-16-5-4-9(7-16)11(12,13)14/h9-10H,2-8,15H2,1H3. The first-order valence-electron chi connectivity index (χ1n) is 5.97.